The first kappa shape index (κ1) is 28.5. The van der Waals surface area contributed by atoms with Gasteiger partial charge in [-0.2, -0.15) is 18.2 Å². The van der Waals surface area contributed by atoms with Crippen LogP contribution in [0.3, 0.4) is 0 Å². The van der Waals surface area contributed by atoms with Gasteiger partial charge >= 0.3 is 6.18 Å². The lowest BCUT2D eigenvalue weighted by Gasteiger charge is -2.46. The second-order valence-electron chi connectivity index (χ2n) is 9.76. The Morgan fingerprint density at radius 2 is 2.00 bits per heavy atom. The summed E-state index contributed by atoms with van der Waals surface area (Å²) < 4.78 is 67.6. The number of aromatic nitrogens is 1. The maximum atomic E-state index is 14.6. The van der Waals surface area contributed by atoms with Gasteiger partial charge in [0, 0.05) is 34.6 Å². The number of allylic oxidation sites excluding steroid dienone is 3. The number of carbonyl (C=O) groups excluding carboxylic acids is 2. The van der Waals surface area contributed by atoms with Crippen LogP contribution in [0.25, 0.3) is 11.1 Å². The van der Waals surface area contributed by atoms with Crippen molar-refractivity contribution in [1.82, 2.24) is 15.0 Å². The molecule has 0 saturated heterocycles. The first-order valence-electron chi connectivity index (χ1n) is 12.3. The summed E-state index contributed by atoms with van der Waals surface area (Å²) in [6, 6.07) is 6.12. The average Bonchev–Trinajstić information content (AvgIpc) is 3.32. The fraction of sp³-hybridized carbons (Fsp3) is 0.250. The summed E-state index contributed by atoms with van der Waals surface area (Å²) in [4.78, 5) is 30.6. The Morgan fingerprint density at radius 1 is 1.24 bits per heavy atom. The molecule has 13 heteroatoms. The van der Waals surface area contributed by atoms with Crippen molar-refractivity contribution in [2.24, 2.45) is 0 Å². The van der Waals surface area contributed by atoms with Crippen LogP contribution in [0, 0.1) is 0 Å². The van der Waals surface area contributed by atoms with Gasteiger partial charge in [-0.15, -0.1) is 0 Å². The van der Waals surface area contributed by atoms with E-state index in [1.165, 1.54) is 35.4 Å². The Morgan fingerprint density at radius 3 is 2.68 bits per heavy atom. The number of anilines is 1. The number of amides is 2. The number of halogens is 6. The van der Waals surface area contributed by atoms with Gasteiger partial charge in [0.2, 0.25) is 0 Å². The summed E-state index contributed by atoms with van der Waals surface area (Å²) in [5, 5.41) is 16.4. The van der Waals surface area contributed by atoms with Crippen LogP contribution >= 0.6 is 11.6 Å². The van der Waals surface area contributed by atoms with E-state index in [-0.39, 0.29) is 40.5 Å². The zero-order valence-electron chi connectivity index (χ0n) is 21.3. The summed E-state index contributed by atoms with van der Waals surface area (Å²) in [6.45, 7) is 1.33. The zero-order chi connectivity index (χ0) is 29.7. The van der Waals surface area contributed by atoms with E-state index in [4.69, 9.17) is 11.6 Å². The van der Waals surface area contributed by atoms with Crippen molar-refractivity contribution < 1.29 is 36.6 Å². The highest BCUT2D eigenvalue weighted by Crippen LogP contribution is 2.39. The number of nitrogens with one attached hydrogen (secondary N) is 1. The molecule has 7 nitrogen and oxygen atoms in total. The van der Waals surface area contributed by atoms with Gasteiger partial charge in [-0.1, -0.05) is 42.0 Å². The third kappa shape index (κ3) is 5.13. The predicted octanol–water partition coefficient (Wildman–Crippen LogP) is 5.73. The van der Waals surface area contributed by atoms with Gasteiger partial charge in [-0.25, -0.2) is 8.78 Å². The molecule has 3 heterocycles. The van der Waals surface area contributed by atoms with E-state index < -0.39 is 52.9 Å². The fourth-order valence-corrected chi connectivity index (χ4v) is 5.10. The second kappa shape index (κ2) is 10.4. The van der Waals surface area contributed by atoms with Crippen LogP contribution in [0.2, 0.25) is 5.02 Å². The average molecular weight is 593 g/mol. The molecule has 2 N–H and O–H groups in total. The van der Waals surface area contributed by atoms with Crippen LogP contribution in [-0.2, 0) is 15.8 Å². The highest BCUT2D eigenvalue weighted by atomic mass is 35.5. The predicted molar refractivity (Wildman–Crippen MR) is 141 cm³/mol. The summed E-state index contributed by atoms with van der Waals surface area (Å²) in [7, 11) is 0. The largest absolute Gasteiger partial charge is 0.509 e. The van der Waals surface area contributed by atoms with Crippen molar-refractivity contribution in [3.05, 3.63) is 94.5 Å². The Balaban J connectivity index is 1.49. The SMILES string of the molecule is CC12C=CCN1N(CC1=CC=CC(F)C1F)C(=O)C(C(=O)Nc1ccc(Cl)cc1-c1ccc(C(F)(F)F)nc1)=C2O. The Bertz CT molecular complexity index is 1540. The van der Waals surface area contributed by atoms with Crippen LogP contribution in [0.5, 0.6) is 0 Å². The lowest BCUT2D eigenvalue weighted by molar-refractivity contribution is -0.155. The second-order valence-corrected chi connectivity index (χ2v) is 10.2. The minimum atomic E-state index is -4.66. The number of pyridine rings is 1. The van der Waals surface area contributed by atoms with Gasteiger partial charge in [0.15, 0.2) is 12.3 Å². The number of fused-ring (bicyclic) bond motifs is 1. The molecule has 0 bridgehead atoms. The molecule has 0 saturated carbocycles. The minimum Gasteiger partial charge on any atom is -0.509 e. The molecule has 0 fully saturated rings. The Hall–Kier alpha value is -4.03. The van der Waals surface area contributed by atoms with E-state index in [1.54, 1.807) is 19.1 Å². The number of hydrogen-bond donors (Lipinski definition) is 2. The lowest BCUT2D eigenvalue weighted by Crippen LogP contribution is -2.61. The van der Waals surface area contributed by atoms with Crippen molar-refractivity contribution in [2.45, 2.75) is 31.0 Å². The molecule has 2 aliphatic heterocycles. The molecule has 0 radical (unpaired) electrons. The summed E-state index contributed by atoms with van der Waals surface area (Å²) >= 11 is 6.11. The van der Waals surface area contributed by atoms with Gasteiger partial charge in [-0.05, 0) is 42.8 Å². The number of benzene rings is 1. The third-order valence-electron chi connectivity index (χ3n) is 7.11. The number of hydrogen-bond acceptors (Lipinski definition) is 5. The molecular weight excluding hydrogens is 571 g/mol. The van der Waals surface area contributed by atoms with E-state index in [2.05, 4.69) is 10.3 Å². The molecule has 3 unspecified atom stereocenters. The van der Waals surface area contributed by atoms with E-state index in [0.717, 1.165) is 29.4 Å². The number of aliphatic hydroxyl groups excluding tert-OH is 1. The van der Waals surface area contributed by atoms with Crippen LogP contribution in [0.4, 0.5) is 27.6 Å². The smallest absolute Gasteiger partial charge is 0.433 e. The van der Waals surface area contributed by atoms with Gasteiger partial charge in [0.25, 0.3) is 11.8 Å². The zero-order valence-corrected chi connectivity index (χ0v) is 22.0. The Labute approximate surface area is 235 Å². The highest BCUT2D eigenvalue weighted by molar-refractivity contribution is 6.31. The molecular formula is C28H22ClF5N4O3. The topological polar surface area (TPSA) is 85.8 Å². The summed E-state index contributed by atoms with van der Waals surface area (Å²) in [6.07, 6.45) is -0.605. The number of hydrazine groups is 1. The highest BCUT2D eigenvalue weighted by Gasteiger charge is 2.51. The molecule has 214 valence electrons. The van der Waals surface area contributed by atoms with E-state index in [1.807, 2.05) is 0 Å². The summed E-state index contributed by atoms with van der Waals surface area (Å²) in [5.41, 5.74) is -2.66. The standard InChI is InChI=1S/C28H22ClF5N4O3/c1-27-10-3-11-38(27)37(14-16-4-2-5-19(30)23(16)31)26(41)22(24(27)39)25(40)36-20-8-7-17(29)12-18(20)15-6-9-21(35-13-15)28(32,33)34/h2-10,12-13,19,23,39H,11,14H2,1H3,(H,36,40). The molecule has 3 aliphatic rings. The molecule has 1 aromatic carbocycles. The minimum absolute atomic E-state index is 0.0291. The summed E-state index contributed by atoms with van der Waals surface area (Å²) in [5.74, 6) is -2.54. The number of nitrogens with zero attached hydrogens (tertiary/aromatic N) is 3. The number of aliphatic hydroxyl groups is 1. The monoisotopic (exact) mass is 592 g/mol. The molecule has 2 amide bonds. The van der Waals surface area contributed by atoms with Crippen LogP contribution in [0.15, 0.2) is 83.8 Å². The van der Waals surface area contributed by atoms with Crippen molar-refractivity contribution in [3.8, 4) is 11.1 Å². The molecule has 1 aromatic heterocycles. The molecule has 41 heavy (non-hydrogen) atoms. The normalized spacial score (nSPS) is 24.5. The van der Waals surface area contributed by atoms with Gasteiger partial charge in [0.1, 0.15) is 22.6 Å². The van der Waals surface area contributed by atoms with Gasteiger partial charge < -0.3 is 10.4 Å². The van der Waals surface area contributed by atoms with Crippen LogP contribution in [0.1, 0.15) is 12.6 Å². The first-order valence-corrected chi connectivity index (χ1v) is 12.7. The molecule has 2 aromatic rings. The maximum Gasteiger partial charge on any atom is 0.433 e. The van der Waals surface area contributed by atoms with E-state index in [9.17, 15) is 36.6 Å². The number of carbonyl (C=O) groups is 2. The molecule has 3 atom stereocenters. The Kier molecular flexibility index (Phi) is 7.24. The quantitative estimate of drug-likeness (QED) is 0.263. The van der Waals surface area contributed by atoms with Crippen LogP contribution < -0.4 is 5.32 Å². The number of rotatable bonds is 5. The van der Waals surface area contributed by atoms with E-state index >= 15 is 0 Å². The van der Waals surface area contributed by atoms with Crippen molar-refractivity contribution in [1.29, 1.82) is 0 Å². The van der Waals surface area contributed by atoms with Gasteiger partial charge in [-0.3, -0.25) is 19.6 Å². The van der Waals surface area contributed by atoms with Crippen molar-refractivity contribution >= 4 is 29.1 Å². The maximum absolute atomic E-state index is 14.6. The van der Waals surface area contributed by atoms with Crippen molar-refractivity contribution in [2.75, 3.05) is 18.4 Å². The lowest BCUT2D eigenvalue weighted by atomic mass is 9.92. The number of alkyl halides is 5. The third-order valence-corrected chi connectivity index (χ3v) is 7.34. The molecule has 0 spiro atoms. The van der Waals surface area contributed by atoms with Gasteiger partial charge in [0.05, 0.1) is 6.54 Å². The molecule has 1 aliphatic carbocycles. The van der Waals surface area contributed by atoms with E-state index in [0.29, 0.717) is 0 Å². The van der Waals surface area contributed by atoms with Crippen LogP contribution in [-0.4, -0.2) is 62.9 Å². The van der Waals surface area contributed by atoms with Crippen molar-refractivity contribution in [3.63, 3.8) is 0 Å². The molecule has 5 rings (SSSR count). The first-order chi connectivity index (χ1) is 19.3. The fourth-order valence-electron chi connectivity index (χ4n) is 4.93.